The zero-order valence-corrected chi connectivity index (χ0v) is 11.8. The molecule has 1 atom stereocenters. The van der Waals surface area contributed by atoms with Gasteiger partial charge in [-0.2, -0.15) is 0 Å². The molecule has 0 amide bonds. The number of carboxylic acid groups (broad SMARTS) is 1. The Morgan fingerprint density at radius 1 is 1.37 bits per heavy atom. The van der Waals surface area contributed by atoms with Crippen LogP contribution in [0.4, 0.5) is 5.82 Å². The molecular formula is C14H13BrN2O2. The molecule has 1 aliphatic heterocycles. The van der Waals surface area contributed by atoms with Crippen LogP contribution in [-0.2, 0) is 4.79 Å². The molecule has 98 valence electrons. The van der Waals surface area contributed by atoms with E-state index >= 15 is 0 Å². The van der Waals surface area contributed by atoms with Crippen molar-refractivity contribution in [3.8, 4) is 0 Å². The van der Waals surface area contributed by atoms with Crippen LogP contribution in [0.25, 0.3) is 10.9 Å². The lowest BCUT2D eigenvalue weighted by atomic mass is 10.2. The second kappa shape index (κ2) is 4.81. The number of fused-ring (bicyclic) bond motifs is 1. The van der Waals surface area contributed by atoms with Crippen molar-refractivity contribution in [2.45, 2.75) is 18.9 Å². The highest BCUT2D eigenvalue weighted by Crippen LogP contribution is 2.28. The molecule has 4 nitrogen and oxygen atoms in total. The lowest BCUT2D eigenvalue weighted by Crippen LogP contribution is -2.36. The molecule has 3 rings (SSSR count). The summed E-state index contributed by atoms with van der Waals surface area (Å²) in [6, 6.07) is 9.33. The van der Waals surface area contributed by atoms with Gasteiger partial charge in [-0.05, 0) is 47.0 Å². The zero-order chi connectivity index (χ0) is 13.4. The van der Waals surface area contributed by atoms with Crippen LogP contribution in [0.3, 0.4) is 0 Å². The Morgan fingerprint density at radius 3 is 3.00 bits per heavy atom. The molecule has 0 unspecified atom stereocenters. The summed E-state index contributed by atoms with van der Waals surface area (Å²) < 4.78 is 0.929. The van der Waals surface area contributed by atoms with E-state index in [9.17, 15) is 9.90 Å². The third kappa shape index (κ3) is 2.18. The Balaban J connectivity index is 2.06. The molecule has 0 bridgehead atoms. The number of carbonyl (C=O) groups is 1. The number of aromatic nitrogens is 1. The van der Waals surface area contributed by atoms with E-state index in [2.05, 4.69) is 20.9 Å². The Hall–Kier alpha value is -1.62. The van der Waals surface area contributed by atoms with Crippen molar-refractivity contribution in [1.29, 1.82) is 0 Å². The molecule has 1 saturated heterocycles. The van der Waals surface area contributed by atoms with Gasteiger partial charge in [-0.15, -0.1) is 0 Å². The van der Waals surface area contributed by atoms with Crippen LogP contribution >= 0.6 is 15.9 Å². The zero-order valence-electron chi connectivity index (χ0n) is 10.2. The largest absolute Gasteiger partial charge is 0.480 e. The minimum absolute atomic E-state index is 0.451. The van der Waals surface area contributed by atoms with Gasteiger partial charge in [0.15, 0.2) is 0 Å². The molecule has 1 aliphatic rings. The number of para-hydroxylation sites is 1. The SMILES string of the molecule is O=C(O)[C@@H]1CCCN1c1ccc2cccc(Br)c2n1. The van der Waals surface area contributed by atoms with Crippen molar-refractivity contribution in [2.24, 2.45) is 0 Å². The van der Waals surface area contributed by atoms with Crippen LogP contribution in [0.2, 0.25) is 0 Å². The van der Waals surface area contributed by atoms with E-state index in [4.69, 9.17) is 0 Å². The molecular weight excluding hydrogens is 308 g/mol. The number of nitrogens with zero attached hydrogens (tertiary/aromatic N) is 2. The second-order valence-corrected chi connectivity index (χ2v) is 5.53. The van der Waals surface area contributed by atoms with Crippen LogP contribution in [0.5, 0.6) is 0 Å². The Kier molecular flexibility index (Phi) is 3.14. The predicted octanol–water partition coefficient (Wildman–Crippen LogP) is 3.05. The number of hydrogen-bond acceptors (Lipinski definition) is 3. The van der Waals surface area contributed by atoms with E-state index in [0.717, 1.165) is 34.2 Å². The lowest BCUT2D eigenvalue weighted by molar-refractivity contribution is -0.138. The molecule has 0 aliphatic carbocycles. The van der Waals surface area contributed by atoms with Gasteiger partial charge in [0.1, 0.15) is 11.9 Å². The van der Waals surface area contributed by atoms with E-state index in [1.54, 1.807) is 0 Å². The highest BCUT2D eigenvalue weighted by Gasteiger charge is 2.31. The number of halogens is 1. The van der Waals surface area contributed by atoms with Gasteiger partial charge < -0.3 is 10.0 Å². The number of pyridine rings is 1. The fourth-order valence-corrected chi connectivity index (χ4v) is 3.03. The number of carboxylic acids is 1. The Morgan fingerprint density at radius 2 is 2.21 bits per heavy atom. The summed E-state index contributed by atoms with van der Waals surface area (Å²) in [5.74, 6) is -0.0316. The minimum atomic E-state index is -0.772. The summed E-state index contributed by atoms with van der Waals surface area (Å²) >= 11 is 3.49. The molecule has 1 aromatic heterocycles. The topological polar surface area (TPSA) is 53.4 Å². The molecule has 19 heavy (non-hydrogen) atoms. The minimum Gasteiger partial charge on any atom is -0.480 e. The van der Waals surface area contributed by atoms with Gasteiger partial charge in [0.05, 0.1) is 5.52 Å². The summed E-state index contributed by atoms with van der Waals surface area (Å²) in [6.07, 6.45) is 1.58. The molecule has 0 spiro atoms. The standard InChI is InChI=1S/C14H13BrN2O2/c15-10-4-1-3-9-6-7-12(16-13(9)10)17-8-2-5-11(17)14(18)19/h1,3-4,6-7,11H,2,5,8H2,(H,18,19)/t11-/m0/s1. The molecule has 2 heterocycles. The van der Waals surface area contributed by atoms with Crippen molar-refractivity contribution in [3.05, 3.63) is 34.8 Å². The highest BCUT2D eigenvalue weighted by molar-refractivity contribution is 9.10. The van der Waals surface area contributed by atoms with Gasteiger partial charge in [-0.25, -0.2) is 9.78 Å². The van der Waals surface area contributed by atoms with Crippen molar-refractivity contribution in [1.82, 2.24) is 4.98 Å². The summed E-state index contributed by atoms with van der Waals surface area (Å²) in [7, 11) is 0. The van der Waals surface area contributed by atoms with E-state index in [1.807, 2.05) is 35.2 Å². The van der Waals surface area contributed by atoms with Gasteiger partial charge in [0.2, 0.25) is 0 Å². The molecule has 0 radical (unpaired) electrons. The van der Waals surface area contributed by atoms with Gasteiger partial charge in [0.25, 0.3) is 0 Å². The number of aliphatic carboxylic acids is 1. The maximum Gasteiger partial charge on any atom is 0.326 e. The molecule has 1 fully saturated rings. The summed E-state index contributed by atoms with van der Waals surface area (Å²) in [4.78, 5) is 17.7. The number of rotatable bonds is 2. The summed E-state index contributed by atoms with van der Waals surface area (Å²) in [6.45, 7) is 0.750. The molecule has 0 saturated carbocycles. The third-order valence-electron chi connectivity index (χ3n) is 3.49. The lowest BCUT2D eigenvalue weighted by Gasteiger charge is -2.22. The van der Waals surface area contributed by atoms with Crippen LogP contribution in [0.15, 0.2) is 34.8 Å². The van der Waals surface area contributed by atoms with Crippen LogP contribution in [-0.4, -0.2) is 28.6 Å². The maximum atomic E-state index is 11.2. The average molecular weight is 321 g/mol. The maximum absolute atomic E-state index is 11.2. The third-order valence-corrected chi connectivity index (χ3v) is 4.13. The smallest absolute Gasteiger partial charge is 0.326 e. The Labute approximate surface area is 119 Å². The van der Waals surface area contributed by atoms with E-state index in [-0.39, 0.29) is 0 Å². The monoisotopic (exact) mass is 320 g/mol. The number of anilines is 1. The van der Waals surface area contributed by atoms with Crippen molar-refractivity contribution in [3.63, 3.8) is 0 Å². The van der Waals surface area contributed by atoms with E-state index in [1.165, 1.54) is 0 Å². The molecule has 5 heteroatoms. The Bertz CT molecular complexity index is 644. The fourth-order valence-electron chi connectivity index (χ4n) is 2.56. The van der Waals surface area contributed by atoms with Crippen LogP contribution < -0.4 is 4.90 Å². The normalized spacial score (nSPS) is 19.0. The van der Waals surface area contributed by atoms with Crippen molar-refractivity contribution >= 4 is 38.6 Å². The van der Waals surface area contributed by atoms with E-state index < -0.39 is 12.0 Å². The number of benzene rings is 1. The average Bonchev–Trinajstić information content (AvgIpc) is 2.88. The highest BCUT2D eigenvalue weighted by atomic mass is 79.9. The first-order valence-electron chi connectivity index (χ1n) is 6.21. The quantitative estimate of drug-likeness (QED) is 0.924. The summed E-state index contributed by atoms with van der Waals surface area (Å²) in [5, 5.41) is 10.3. The fraction of sp³-hybridized carbons (Fsp3) is 0.286. The first kappa shape index (κ1) is 12.4. The second-order valence-electron chi connectivity index (χ2n) is 4.67. The molecule has 2 aromatic rings. The number of hydrogen-bond donors (Lipinski definition) is 1. The summed E-state index contributed by atoms with van der Waals surface area (Å²) in [5.41, 5.74) is 0.871. The van der Waals surface area contributed by atoms with Crippen LogP contribution in [0, 0.1) is 0 Å². The van der Waals surface area contributed by atoms with Gasteiger partial charge in [0, 0.05) is 16.4 Å². The van der Waals surface area contributed by atoms with Crippen molar-refractivity contribution in [2.75, 3.05) is 11.4 Å². The molecule has 1 N–H and O–H groups in total. The predicted molar refractivity (Wildman–Crippen MR) is 77.4 cm³/mol. The first-order chi connectivity index (χ1) is 9.16. The van der Waals surface area contributed by atoms with Gasteiger partial charge in [-0.1, -0.05) is 12.1 Å². The van der Waals surface area contributed by atoms with E-state index in [0.29, 0.717) is 6.42 Å². The van der Waals surface area contributed by atoms with Crippen LogP contribution in [0.1, 0.15) is 12.8 Å². The first-order valence-corrected chi connectivity index (χ1v) is 7.01. The molecule has 1 aromatic carbocycles. The van der Waals surface area contributed by atoms with Gasteiger partial charge >= 0.3 is 5.97 Å². The van der Waals surface area contributed by atoms with Crippen molar-refractivity contribution < 1.29 is 9.90 Å². The van der Waals surface area contributed by atoms with Gasteiger partial charge in [-0.3, -0.25) is 0 Å².